The van der Waals surface area contributed by atoms with Crippen LogP contribution in [-0.2, 0) is 0 Å². The summed E-state index contributed by atoms with van der Waals surface area (Å²) >= 11 is 0. The van der Waals surface area contributed by atoms with Crippen molar-refractivity contribution in [1.29, 1.82) is 0 Å². The number of nitrogens with zero attached hydrogens (tertiary/aromatic N) is 1. The topological polar surface area (TPSA) is 98.6 Å². The number of phenolic OH excluding ortho intramolecular Hbond substituents is 1. The molecule has 2 N–H and O–H groups in total. The molecule has 2 aromatic carbocycles. The highest BCUT2D eigenvalue weighted by Crippen LogP contribution is 2.38. The van der Waals surface area contributed by atoms with Crippen LogP contribution >= 0.6 is 0 Å². The van der Waals surface area contributed by atoms with E-state index in [1.54, 1.807) is 19.1 Å². The van der Waals surface area contributed by atoms with Gasteiger partial charge in [-0.05, 0) is 42.3 Å². The van der Waals surface area contributed by atoms with Crippen LogP contribution in [0.5, 0.6) is 28.7 Å². The first-order chi connectivity index (χ1) is 13.9. The lowest BCUT2D eigenvalue weighted by Gasteiger charge is -2.13. The molecule has 0 bridgehead atoms. The Hall–Kier alpha value is -3.42. The smallest absolute Gasteiger partial charge is 0.271 e. The number of phenols is 1. The Bertz CT molecular complexity index is 839. The number of hydrogen-bond donors (Lipinski definition) is 2. The Morgan fingerprint density at radius 1 is 0.931 bits per heavy atom. The third-order valence-electron chi connectivity index (χ3n) is 3.81. The van der Waals surface area contributed by atoms with Gasteiger partial charge in [-0.3, -0.25) is 4.79 Å². The van der Waals surface area contributed by atoms with Crippen LogP contribution in [0.3, 0.4) is 0 Å². The fourth-order valence-corrected chi connectivity index (χ4v) is 2.45. The number of nitrogens with one attached hydrogen (secondary N) is 1. The van der Waals surface area contributed by atoms with Gasteiger partial charge < -0.3 is 24.1 Å². The van der Waals surface area contributed by atoms with Crippen LogP contribution < -0.4 is 24.4 Å². The van der Waals surface area contributed by atoms with Crippen molar-refractivity contribution in [2.24, 2.45) is 5.10 Å². The number of benzene rings is 2. The van der Waals surface area contributed by atoms with Gasteiger partial charge in [0, 0.05) is 5.56 Å². The SMILES string of the molecule is CC.COc1cc(/C=N/NC(=O)c2cc(OC)c(OC)c(OC)c2)cc(C)c1O. The zero-order valence-corrected chi connectivity index (χ0v) is 17.8. The maximum atomic E-state index is 12.4. The molecule has 2 rings (SSSR count). The average Bonchev–Trinajstić information content (AvgIpc) is 2.76. The molecule has 0 aliphatic heterocycles. The van der Waals surface area contributed by atoms with Crippen LogP contribution in [0.15, 0.2) is 29.4 Å². The minimum absolute atomic E-state index is 0.0658. The van der Waals surface area contributed by atoms with Crippen molar-refractivity contribution in [3.8, 4) is 28.7 Å². The van der Waals surface area contributed by atoms with E-state index in [1.165, 1.54) is 46.8 Å². The van der Waals surface area contributed by atoms with Crippen LogP contribution in [0.1, 0.15) is 35.3 Å². The first-order valence-electron chi connectivity index (χ1n) is 8.96. The molecule has 0 aliphatic rings. The molecule has 0 radical (unpaired) electrons. The van der Waals surface area contributed by atoms with Crippen LogP contribution in [0.25, 0.3) is 0 Å². The second kappa shape index (κ2) is 11.4. The number of hydrazone groups is 1. The molecular formula is C21H28N2O6. The first-order valence-corrected chi connectivity index (χ1v) is 8.96. The van der Waals surface area contributed by atoms with E-state index < -0.39 is 5.91 Å². The standard InChI is InChI=1S/C19H22N2O6.C2H6/c1-11-6-12(7-14(24-2)17(11)22)10-20-21-19(23)13-8-15(25-3)18(27-5)16(9-13)26-4;1-2/h6-10,22H,1-5H3,(H,21,23);1-2H3/b20-10+;. The normalized spacial score (nSPS) is 10.0. The average molecular weight is 404 g/mol. The molecule has 8 heteroatoms. The highest BCUT2D eigenvalue weighted by Gasteiger charge is 2.16. The van der Waals surface area contributed by atoms with E-state index in [0.717, 1.165) is 0 Å². The van der Waals surface area contributed by atoms with Crippen molar-refractivity contribution in [3.05, 3.63) is 41.0 Å². The summed E-state index contributed by atoms with van der Waals surface area (Å²) < 4.78 is 20.8. The highest BCUT2D eigenvalue weighted by atomic mass is 16.5. The fraction of sp³-hybridized carbons (Fsp3) is 0.333. The molecular weight excluding hydrogens is 376 g/mol. The number of aromatic hydroxyl groups is 1. The maximum absolute atomic E-state index is 12.4. The highest BCUT2D eigenvalue weighted by molar-refractivity contribution is 5.96. The Balaban J connectivity index is 0.00000204. The Morgan fingerprint density at radius 2 is 1.48 bits per heavy atom. The zero-order valence-electron chi connectivity index (χ0n) is 17.8. The molecule has 8 nitrogen and oxygen atoms in total. The third-order valence-corrected chi connectivity index (χ3v) is 3.81. The lowest BCUT2D eigenvalue weighted by Crippen LogP contribution is -2.18. The molecule has 2 aromatic rings. The quantitative estimate of drug-likeness (QED) is 0.541. The van der Waals surface area contributed by atoms with Crippen molar-refractivity contribution in [2.75, 3.05) is 28.4 Å². The minimum Gasteiger partial charge on any atom is -0.504 e. The summed E-state index contributed by atoms with van der Waals surface area (Å²) in [6.45, 7) is 5.74. The van der Waals surface area contributed by atoms with E-state index in [-0.39, 0.29) is 5.75 Å². The number of ether oxygens (including phenoxy) is 4. The number of methoxy groups -OCH3 is 4. The van der Waals surface area contributed by atoms with Crippen LogP contribution in [0.2, 0.25) is 0 Å². The van der Waals surface area contributed by atoms with Crippen LogP contribution in [0.4, 0.5) is 0 Å². The van der Waals surface area contributed by atoms with Gasteiger partial charge in [0.2, 0.25) is 5.75 Å². The molecule has 0 spiro atoms. The van der Waals surface area contributed by atoms with E-state index >= 15 is 0 Å². The van der Waals surface area contributed by atoms with Gasteiger partial charge in [-0.15, -0.1) is 0 Å². The number of carbonyl (C=O) groups is 1. The van der Waals surface area contributed by atoms with Crippen molar-refractivity contribution in [2.45, 2.75) is 20.8 Å². The van der Waals surface area contributed by atoms with Crippen molar-refractivity contribution < 1.29 is 28.8 Å². The van der Waals surface area contributed by atoms with Gasteiger partial charge in [-0.2, -0.15) is 5.10 Å². The Labute approximate surface area is 171 Å². The van der Waals surface area contributed by atoms with Gasteiger partial charge in [0.05, 0.1) is 34.7 Å². The number of carbonyl (C=O) groups excluding carboxylic acids is 1. The van der Waals surface area contributed by atoms with Gasteiger partial charge in [0.25, 0.3) is 5.91 Å². The van der Waals surface area contributed by atoms with Gasteiger partial charge in [0.1, 0.15) is 0 Å². The van der Waals surface area contributed by atoms with E-state index in [2.05, 4.69) is 10.5 Å². The molecule has 29 heavy (non-hydrogen) atoms. The van der Waals surface area contributed by atoms with Crippen LogP contribution in [-0.4, -0.2) is 45.7 Å². The van der Waals surface area contributed by atoms with Gasteiger partial charge >= 0.3 is 0 Å². The van der Waals surface area contributed by atoms with Crippen molar-refractivity contribution >= 4 is 12.1 Å². The number of rotatable bonds is 7. The second-order valence-corrected chi connectivity index (χ2v) is 5.50. The summed E-state index contributed by atoms with van der Waals surface area (Å²) in [6, 6.07) is 6.38. The predicted octanol–water partition coefficient (Wildman–Crippen LogP) is 3.53. The maximum Gasteiger partial charge on any atom is 0.271 e. The molecule has 1 amide bonds. The zero-order chi connectivity index (χ0) is 22.0. The van der Waals surface area contributed by atoms with Crippen LogP contribution in [0, 0.1) is 6.92 Å². The van der Waals surface area contributed by atoms with Gasteiger partial charge in [-0.1, -0.05) is 13.8 Å². The van der Waals surface area contributed by atoms with E-state index in [0.29, 0.717) is 39.7 Å². The second-order valence-electron chi connectivity index (χ2n) is 5.50. The van der Waals surface area contributed by atoms with Crippen molar-refractivity contribution in [1.82, 2.24) is 5.43 Å². The lowest BCUT2D eigenvalue weighted by atomic mass is 10.1. The molecule has 0 saturated heterocycles. The van der Waals surface area contributed by atoms with E-state index in [1.807, 2.05) is 13.8 Å². The molecule has 0 aliphatic carbocycles. The Kier molecular flexibility index (Phi) is 9.31. The molecule has 158 valence electrons. The summed E-state index contributed by atoms with van der Waals surface area (Å²) in [7, 11) is 5.88. The molecule has 0 aromatic heterocycles. The van der Waals surface area contributed by atoms with Gasteiger partial charge in [-0.25, -0.2) is 5.43 Å². The lowest BCUT2D eigenvalue weighted by molar-refractivity contribution is 0.0954. The summed E-state index contributed by atoms with van der Waals surface area (Å²) in [5.74, 6) is 1.07. The van der Waals surface area contributed by atoms with E-state index in [4.69, 9.17) is 18.9 Å². The first kappa shape index (κ1) is 23.6. The fourth-order valence-electron chi connectivity index (χ4n) is 2.45. The van der Waals surface area contributed by atoms with Crippen molar-refractivity contribution in [3.63, 3.8) is 0 Å². The number of amides is 1. The minimum atomic E-state index is -0.451. The van der Waals surface area contributed by atoms with Gasteiger partial charge in [0.15, 0.2) is 23.0 Å². The molecule has 0 atom stereocenters. The summed E-state index contributed by atoms with van der Waals surface area (Å²) in [4.78, 5) is 12.4. The Morgan fingerprint density at radius 3 is 1.97 bits per heavy atom. The summed E-state index contributed by atoms with van der Waals surface area (Å²) in [5, 5.41) is 13.8. The number of hydrogen-bond acceptors (Lipinski definition) is 7. The molecule has 0 heterocycles. The molecule has 0 fully saturated rings. The van der Waals surface area contributed by atoms with E-state index in [9.17, 15) is 9.90 Å². The largest absolute Gasteiger partial charge is 0.504 e. The summed E-state index contributed by atoms with van der Waals surface area (Å²) in [5.41, 5.74) is 4.02. The third kappa shape index (κ3) is 5.78. The molecule has 0 saturated carbocycles. The predicted molar refractivity (Wildman–Crippen MR) is 112 cm³/mol. The number of aryl methyl sites for hydroxylation is 1. The monoisotopic (exact) mass is 404 g/mol. The summed E-state index contributed by atoms with van der Waals surface area (Å²) in [6.07, 6.45) is 1.45. The molecule has 0 unspecified atom stereocenters.